The maximum absolute atomic E-state index is 12.5. The van der Waals surface area contributed by atoms with Crippen LogP contribution in [0.4, 0.5) is 0 Å². The normalized spacial score (nSPS) is 21.3. The number of aryl methyl sites for hydroxylation is 1. The molecule has 0 aromatic carbocycles. The zero-order chi connectivity index (χ0) is 16.4. The van der Waals surface area contributed by atoms with Gasteiger partial charge in [0.25, 0.3) is 5.91 Å². The summed E-state index contributed by atoms with van der Waals surface area (Å²) in [5.41, 5.74) is 1.40. The van der Waals surface area contributed by atoms with Gasteiger partial charge in [0.1, 0.15) is 5.69 Å². The number of pyridine rings is 1. The lowest BCUT2D eigenvalue weighted by Gasteiger charge is -2.38. The summed E-state index contributed by atoms with van der Waals surface area (Å²) >= 11 is 0. The first-order valence-corrected chi connectivity index (χ1v) is 7.53. The Morgan fingerprint density at radius 3 is 2.74 bits per heavy atom. The van der Waals surface area contributed by atoms with E-state index in [2.05, 4.69) is 15.3 Å². The van der Waals surface area contributed by atoms with Crippen LogP contribution in [0.1, 0.15) is 34.9 Å². The Balaban J connectivity index is 1.80. The number of nitrogens with zero attached hydrogens (tertiary/aromatic N) is 3. The van der Waals surface area contributed by atoms with Crippen LogP contribution in [0.3, 0.4) is 0 Å². The zero-order valence-electron chi connectivity index (χ0n) is 13.1. The summed E-state index contributed by atoms with van der Waals surface area (Å²) in [6.45, 7) is 0. The van der Waals surface area contributed by atoms with E-state index in [1.165, 1.54) is 6.20 Å². The Kier molecular flexibility index (Phi) is 4.29. The van der Waals surface area contributed by atoms with E-state index in [4.69, 9.17) is 4.74 Å². The maximum Gasteiger partial charge on any atom is 0.270 e. The SMILES string of the molecule is COc1ccc([C@@H](NC(=O)c2cncn2C)C2CC(O)C2)cn1. The van der Waals surface area contributed by atoms with Gasteiger partial charge in [0.15, 0.2) is 0 Å². The zero-order valence-corrected chi connectivity index (χ0v) is 13.1. The molecule has 2 aromatic heterocycles. The van der Waals surface area contributed by atoms with Crippen LogP contribution in [-0.2, 0) is 7.05 Å². The van der Waals surface area contributed by atoms with Gasteiger partial charge in [-0.25, -0.2) is 9.97 Å². The van der Waals surface area contributed by atoms with Gasteiger partial charge in [-0.2, -0.15) is 0 Å². The van der Waals surface area contributed by atoms with Gasteiger partial charge in [-0.3, -0.25) is 4.79 Å². The van der Waals surface area contributed by atoms with Crippen molar-refractivity contribution in [1.29, 1.82) is 0 Å². The number of aliphatic hydroxyl groups is 1. The van der Waals surface area contributed by atoms with Crippen LogP contribution in [0.15, 0.2) is 30.9 Å². The second-order valence-corrected chi connectivity index (χ2v) is 5.86. The number of methoxy groups -OCH3 is 1. The minimum absolute atomic E-state index is 0.188. The molecule has 0 unspecified atom stereocenters. The highest BCUT2D eigenvalue weighted by molar-refractivity contribution is 5.92. The van der Waals surface area contributed by atoms with Crippen LogP contribution < -0.4 is 10.1 Å². The van der Waals surface area contributed by atoms with Gasteiger partial charge >= 0.3 is 0 Å². The molecule has 23 heavy (non-hydrogen) atoms. The first kappa shape index (κ1) is 15.5. The molecular weight excluding hydrogens is 296 g/mol. The van der Waals surface area contributed by atoms with Gasteiger partial charge in [0.05, 0.1) is 31.8 Å². The highest BCUT2D eigenvalue weighted by Gasteiger charge is 2.36. The molecule has 1 atom stereocenters. The van der Waals surface area contributed by atoms with Gasteiger partial charge in [-0.15, -0.1) is 0 Å². The van der Waals surface area contributed by atoms with Crippen LogP contribution in [0.25, 0.3) is 0 Å². The molecule has 2 N–H and O–H groups in total. The molecule has 0 bridgehead atoms. The quantitative estimate of drug-likeness (QED) is 0.861. The van der Waals surface area contributed by atoms with Crippen LogP contribution in [-0.4, -0.2) is 38.8 Å². The molecule has 1 amide bonds. The van der Waals surface area contributed by atoms with Crippen LogP contribution in [0.5, 0.6) is 5.88 Å². The fraction of sp³-hybridized carbons (Fsp3) is 0.438. The highest BCUT2D eigenvalue weighted by Crippen LogP contribution is 2.38. The van der Waals surface area contributed by atoms with Gasteiger partial charge < -0.3 is 19.7 Å². The largest absolute Gasteiger partial charge is 0.481 e. The van der Waals surface area contributed by atoms with E-state index in [1.807, 2.05) is 6.07 Å². The summed E-state index contributed by atoms with van der Waals surface area (Å²) in [4.78, 5) is 20.7. The van der Waals surface area contributed by atoms with Crippen LogP contribution in [0.2, 0.25) is 0 Å². The number of imidazole rings is 1. The number of aromatic nitrogens is 3. The molecule has 0 aliphatic heterocycles. The van der Waals surface area contributed by atoms with E-state index < -0.39 is 0 Å². The van der Waals surface area contributed by atoms with Gasteiger partial charge in [-0.05, 0) is 24.3 Å². The molecular formula is C16H20N4O3. The minimum Gasteiger partial charge on any atom is -0.481 e. The van der Waals surface area contributed by atoms with E-state index in [-0.39, 0.29) is 24.0 Å². The number of hydrogen-bond acceptors (Lipinski definition) is 5. The number of hydrogen-bond donors (Lipinski definition) is 2. The molecule has 1 fully saturated rings. The molecule has 1 saturated carbocycles. The number of aliphatic hydroxyl groups excluding tert-OH is 1. The Bertz CT molecular complexity index is 677. The van der Waals surface area contributed by atoms with Gasteiger partial charge in [-0.1, -0.05) is 6.07 Å². The molecule has 0 radical (unpaired) electrons. The average molecular weight is 316 g/mol. The van der Waals surface area contributed by atoms with Crippen LogP contribution in [0, 0.1) is 5.92 Å². The lowest BCUT2D eigenvalue weighted by molar-refractivity contribution is 0.0233. The summed E-state index contributed by atoms with van der Waals surface area (Å²) in [5, 5.41) is 12.6. The fourth-order valence-corrected chi connectivity index (χ4v) is 2.86. The molecule has 1 aliphatic rings. The molecule has 0 saturated heterocycles. The standard InChI is InChI=1S/C16H20N4O3/c1-20-9-17-8-13(20)16(22)19-15(11-5-12(21)6-11)10-3-4-14(23-2)18-7-10/h3-4,7-9,11-12,15,21H,5-6H2,1-2H3,(H,19,22)/t11?,12?,15-/m1/s1. The second-order valence-electron chi connectivity index (χ2n) is 5.86. The molecule has 122 valence electrons. The summed E-state index contributed by atoms with van der Waals surface area (Å²) in [6.07, 6.45) is 5.88. The summed E-state index contributed by atoms with van der Waals surface area (Å²) in [7, 11) is 3.34. The van der Waals surface area contributed by atoms with Crippen molar-refractivity contribution in [3.8, 4) is 5.88 Å². The first-order valence-electron chi connectivity index (χ1n) is 7.53. The van der Waals surface area contributed by atoms with Gasteiger partial charge in [0.2, 0.25) is 5.88 Å². The van der Waals surface area contributed by atoms with Crippen molar-refractivity contribution in [3.63, 3.8) is 0 Å². The van der Waals surface area contributed by atoms with Crippen molar-refractivity contribution in [2.45, 2.75) is 25.0 Å². The monoisotopic (exact) mass is 316 g/mol. The molecule has 7 heteroatoms. The third kappa shape index (κ3) is 3.19. The molecule has 7 nitrogen and oxygen atoms in total. The average Bonchev–Trinajstić information content (AvgIpc) is 2.96. The summed E-state index contributed by atoms with van der Waals surface area (Å²) in [6, 6.07) is 3.47. The first-order chi connectivity index (χ1) is 11.1. The third-order valence-electron chi connectivity index (χ3n) is 4.28. The van der Waals surface area contributed by atoms with Crippen molar-refractivity contribution < 1.29 is 14.6 Å². The lowest BCUT2D eigenvalue weighted by Crippen LogP contribution is -2.41. The van der Waals surface area contributed by atoms with E-state index in [0.29, 0.717) is 24.4 Å². The third-order valence-corrected chi connectivity index (χ3v) is 4.28. The van der Waals surface area contributed by atoms with E-state index in [0.717, 1.165) is 5.56 Å². The number of rotatable bonds is 5. The fourth-order valence-electron chi connectivity index (χ4n) is 2.86. The van der Waals surface area contributed by atoms with E-state index in [9.17, 15) is 9.90 Å². The van der Waals surface area contributed by atoms with Gasteiger partial charge in [0, 0.05) is 19.3 Å². The van der Waals surface area contributed by atoms with Crippen molar-refractivity contribution >= 4 is 5.91 Å². The van der Waals surface area contributed by atoms with E-state index >= 15 is 0 Å². The predicted octanol–water partition coefficient (Wildman–Crippen LogP) is 1.07. The lowest BCUT2D eigenvalue weighted by atomic mass is 9.75. The number of amides is 1. The van der Waals surface area contributed by atoms with Crippen LogP contribution >= 0.6 is 0 Å². The van der Waals surface area contributed by atoms with Crippen molar-refractivity contribution in [1.82, 2.24) is 19.9 Å². The molecule has 2 aromatic rings. The Morgan fingerprint density at radius 1 is 1.43 bits per heavy atom. The summed E-state index contributed by atoms with van der Waals surface area (Å²) < 4.78 is 6.75. The Morgan fingerprint density at radius 2 is 2.22 bits per heavy atom. The summed E-state index contributed by atoms with van der Waals surface area (Å²) in [5.74, 6) is 0.531. The van der Waals surface area contributed by atoms with Crippen molar-refractivity contribution in [2.24, 2.45) is 13.0 Å². The van der Waals surface area contributed by atoms with Crippen molar-refractivity contribution in [2.75, 3.05) is 7.11 Å². The number of nitrogens with one attached hydrogen (secondary N) is 1. The molecule has 1 aliphatic carbocycles. The van der Waals surface area contributed by atoms with E-state index in [1.54, 1.807) is 37.3 Å². The number of carbonyl (C=O) groups excluding carboxylic acids is 1. The molecule has 2 heterocycles. The topological polar surface area (TPSA) is 89.3 Å². The smallest absolute Gasteiger partial charge is 0.270 e. The number of carbonyl (C=O) groups is 1. The molecule has 0 spiro atoms. The van der Waals surface area contributed by atoms with Crippen molar-refractivity contribution in [3.05, 3.63) is 42.1 Å². The Hall–Kier alpha value is -2.41. The molecule has 3 rings (SSSR count). The predicted molar refractivity (Wildman–Crippen MR) is 82.9 cm³/mol. The maximum atomic E-state index is 12.5. The number of ether oxygens (including phenoxy) is 1. The second kappa shape index (κ2) is 6.37. The minimum atomic E-state index is -0.290. The Labute approximate surface area is 134 Å². The highest BCUT2D eigenvalue weighted by atomic mass is 16.5.